The summed E-state index contributed by atoms with van der Waals surface area (Å²) >= 11 is 0. The van der Waals surface area contributed by atoms with E-state index in [1.165, 1.54) is 25.3 Å². The standard InChI is InChI=1S/C17H26FNO/c1-14(2)19-13-17(10-6-3-7-11-17)20-12-15-8-4-5-9-16(15)18/h4-5,8-9,14,19H,3,6-7,10-13H2,1-2H3. The van der Waals surface area contributed by atoms with Crippen LogP contribution in [0.15, 0.2) is 24.3 Å². The van der Waals surface area contributed by atoms with Gasteiger partial charge in [0.1, 0.15) is 5.82 Å². The number of nitrogens with one attached hydrogen (secondary N) is 1. The Balaban J connectivity index is 1.98. The second-order valence-corrected chi connectivity index (χ2v) is 6.16. The van der Waals surface area contributed by atoms with Gasteiger partial charge in [-0.3, -0.25) is 0 Å². The molecule has 20 heavy (non-hydrogen) atoms. The highest BCUT2D eigenvalue weighted by atomic mass is 19.1. The fraction of sp³-hybridized carbons (Fsp3) is 0.647. The molecule has 1 fully saturated rings. The lowest BCUT2D eigenvalue weighted by molar-refractivity contribution is -0.0801. The summed E-state index contributed by atoms with van der Waals surface area (Å²) in [5.74, 6) is -0.171. The van der Waals surface area contributed by atoms with Crippen molar-refractivity contribution in [1.29, 1.82) is 0 Å². The zero-order valence-corrected chi connectivity index (χ0v) is 12.6. The molecule has 0 aromatic heterocycles. The molecule has 0 aliphatic heterocycles. The van der Waals surface area contributed by atoms with Crippen LogP contribution in [0.2, 0.25) is 0 Å². The van der Waals surface area contributed by atoms with Crippen LogP contribution in [0.1, 0.15) is 51.5 Å². The van der Waals surface area contributed by atoms with E-state index in [1.807, 2.05) is 12.1 Å². The molecular weight excluding hydrogens is 253 g/mol. The van der Waals surface area contributed by atoms with Crippen LogP contribution in [0, 0.1) is 5.82 Å². The average Bonchev–Trinajstić information content (AvgIpc) is 2.46. The molecule has 3 heteroatoms. The molecule has 1 aliphatic carbocycles. The van der Waals surface area contributed by atoms with Gasteiger partial charge in [0, 0.05) is 18.2 Å². The number of hydrogen-bond acceptors (Lipinski definition) is 2. The largest absolute Gasteiger partial charge is 0.369 e. The molecule has 0 saturated heterocycles. The van der Waals surface area contributed by atoms with Gasteiger partial charge in [-0.25, -0.2) is 4.39 Å². The highest BCUT2D eigenvalue weighted by Gasteiger charge is 2.33. The van der Waals surface area contributed by atoms with Gasteiger partial charge in [0.15, 0.2) is 0 Å². The van der Waals surface area contributed by atoms with E-state index in [0.717, 1.165) is 19.4 Å². The van der Waals surface area contributed by atoms with E-state index < -0.39 is 0 Å². The van der Waals surface area contributed by atoms with Gasteiger partial charge in [-0.2, -0.15) is 0 Å². The molecule has 1 saturated carbocycles. The third kappa shape index (κ3) is 4.29. The van der Waals surface area contributed by atoms with Crippen LogP contribution in [0.5, 0.6) is 0 Å². The lowest BCUT2D eigenvalue weighted by atomic mass is 9.84. The van der Waals surface area contributed by atoms with Crippen LogP contribution in [0.3, 0.4) is 0 Å². The molecule has 1 aromatic carbocycles. The molecule has 0 amide bonds. The Labute approximate surface area is 121 Å². The highest BCUT2D eigenvalue weighted by molar-refractivity contribution is 5.16. The topological polar surface area (TPSA) is 21.3 Å². The molecular formula is C17H26FNO. The zero-order valence-electron chi connectivity index (χ0n) is 12.6. The van der Waals surface area contributed by atoms with Gasteiger partial charge < -0.3 is 10.1 Å². The minimum Gasteiger partial charge on any atom is -0.369 e. The first-order valence-corrected chi connectivity index (χ1v) is 7.72. The maximum Gasteiger partial charge on any atom is 0.128 e. The van der Waals surface area contributed by atoms with Crippen molar-refractivity contribution in [1.82, 2.24) is 5.32 Å². The van der Waals surface area contributed by atoms with Gasteiger partial charge in [-0.1, -0.05) is 51.3 Å². The van der Waals surface area contributed by atoms with Gasteiger partial charge >= 0.3 is 0 Å². The Kier molecular flexibility index (Phi) is 5.55. The zero-order chi connectivity index (χ0) is 14.4. The van der Waals surface area contributed by atoms with E-state index in [-0.39, 0.29) is 11.4 Å². The Bertz CT molecular complexity index is 413. The molecule has 1 aromatic rings. The van der Waals surface area contributed by atoms with Crippen LogP contribution in [0.4, 0.5) is 4.39 Å². The molecule has 0 atom stereocenters. The van der Waals surface area contributed by atoms with E-state index in [0.29, 0.717) is 18.2 Å². The van der Waals surface area contributed by atoms with Crippen LogP contribution in [-0.2, 0) is 11.3 Å². The van der Waals surface area contributed by atoms with Crippen molar-refractivity contribution in [3.05, 3.63) is 35.6 Å². The molecule has 0 unspecified atom stereocenters. The van der Waals surface area contributed by atoms with Crippen LogP contribution >= 0.6 is 0 Å². The van der Waals surface area contributed by atoms with E-state index in [2.05, 4.69) is 19.2 Å². The Morgan fingerprint density at radius 1 is 1.20 bits per heavy atom. The summed E-state index contributed by atoms with van der Waals surface area (Å²) in [7, 11) is 0. The SMILES string of the molecule is CC(C)NCC1(OCc2ccccc2F)CCCCC1. The fourth-order valence-corrected chi connectivity index (χ4v) is 2.80. The van der Waals surface area contributed by atoms with Crippen LogP contribution < -0.4 is 5.32 Å². The molecule has 112 valence electrons. The molecule has 2 rings (SSSR count). The van der Waals surface area contributed by atoms with Crippen molar-refractivity contribution in [3.8, 4) is 0 Å². The summed E-state index contributed by atoms with van der Waals surface area (Å²) in [5.41, 5.74) is 0.534. The monoisotopic (exact) mass is 279 g/mol. The Hall–Kier alpha value is -0.930. The van der Waals surface area contributed by atoms with Gasteiger partial charge in [0.25, 0.3) is 0 Å². The molecule has 1 N–H and O–H groups in total. The normalized spacial score (nSPS) is 18.4. The number of halogens is 1. The summed E-state index contributed by atoms with van der Waals surface area (Å²) in [6.07, 6.45) is 5.84. The summed E-state index contributed by atoms with van der Waals surface area (Å²) in [4.78, 5) is 0. The fourth-order valence-electron chi connectivity index (χ4n) is 2.80. The third-order valence-electron chi connectivity index (χ3n) is 4.09. The first kappa shape index (κ1) is 15.5. The van der Waals surface area contributed by atoms with E-state index in [1.54, 1.807) is 6.07 Å². The van der Waals surface area contributed by atoms with Crippen LogP contribution in [0.25, 0.3) is 0 Å². The smallest absolute Gasteiger partial charge is 0.128 e. The van der Waals surface area contributed by atoms with Crippen LogP contribution in [-0.4, -0.2) is 18.2 Å². The number of benzene rings is 1. The molecule has 2 nitrogen and oxygen atoms in total. The van der Waals surface area contributed by atoms with E-state index in [4.69, 9.17) is 4.74 Å². The van der Waals surface area contributed by atoms with Crippen molar-refractivity contribution in [2.45, 2.75) is 64.2 Å². The van der Waals surface area contributed by atoms with Crippen molar-refractivity contribution in [3.63, 3.8) is 0 Å². The van der Waals surface area contributed by atoms with Crippen molar-refractivity contribution < 1.29 is 9.13 Å². The predicted molar refractivity (Wildman–Crippen MR) is 80.1 cm³/mol. The molecule has 0 bridgehead atoms. The summed E-state index contributed by atoms with van der Waals surface area (Å²) in [5, 5.41) is 3.49. The minimum absolute atomic E-state index is 0.120. The van der Waals surface area contributed by atoms with Crippen molar-refractivity contribution >= 4 is 0 Å². The second kappa shape index (κ2) is 7.19. The first-order valence-electron chi connectivity index (χ1n) is 7.72. The Morgan fingerprint density at radius 2 is 1.90 bits per heavy atom. The minimum atomic E-state index is -0.171. The summed E-state index contributed by atoms with van der Waals surface area (Å²) in [6.45, 7) is 5.52. The maximum atomic E-state index is 13.7. The average molecular weight is 279 g/mol. The summed E-state index contributed by atoms with van der Waals surface area (Å²) in [6, 6.07) is 7.34. The molecule has 0 heterocycles. The maximum absolute atomic E-state index is 13.7. The van der Waals surface area contributed by atoms with Crippen molar-refractivity contribution in [2.75, 3.05) is 6.54 Å². The lowest BCUT2D eigenvalue weighted by Gasteiger charge is -2.38. The first-order chi connectivity index (χ1) is 9.61. The number of ether oxygens (including phenoxy) is 1. The Morgan fingerprint density at radius 3 is 2.55 bits per heavy atom. The third-order valence-corrected chi connectivity index (χ3v) is 4.09. The van der Waals surface area contributed by atoms with Gasteiger partial charge in [0.05, 0.1) is 12.2 Å². The molecule has 0 spiro atoms. The molecule has 1 aliphatic rings. The summed E-state index contributed by atoms with van der Waals surface area (Å²) < 4.78 is 19.9. The highest BCUT2D eigenvalue weighted by Crippen LogP contribution is 2.32. The quantitative estimate of drug-likeness (QED) is 0.848. The number of rotatable bonds is 6. The second-order valence-electron chi connectivity index (χ2n) is 6.16. The van der Waals surface area contributed by atoms with Gasteiger partial charge in [-0.15, -0.1) is 0 Å². The number of hydrogen-bond donors (Lipinski definition) is 1. The van der Waals surface area contributed by atoms with E-state index in [9.17, 15) is 4.39 Å². The van der Waals surface area contributed by atoms with E-state index >= 15 is 0 Å². The van der Waals surface area contributed by atoms with Gasteiger partial charge in [-0.05, 0) is 18.9 Å². The predicted octanol–water partition coefficient (Wildman–Crippen LogP) is 4.04. The van der Waals surface area contributed by atoms with Gasteiger partial charge in [0.2, 0.25) is 0 Å². The lowest BCUT2D eigenvalue weighted by Crippen LogP contribution is -2.46. The van der Waals surface area contributed by atoms with Crippen molar-refractivity contribution in [2.24, 2.45) is 0 Å². The molecule has 0 radical (unpaired) electrons.